The molecule has 0 aliphatic heterocycles. The molecule has 39 heavy (non-hydrogen) atoms. The quantitative estimate of drug-likeness (QED) is 0.345. The number of ether oxygens (including phenoxy) is 2. The maximum Gasteiger partial charge on any atom is 0.264 e. The molecule has 0 aromatic heterocycles. The van der Waals surface area contributed by atoms with Crippen LogP contribution in [-0.2, 0) is 26.2 Å². The zero-order chi connectivity index (χ0) is 28.4. The molecule has 2 amide bonds. The van der Waals surface area contributed by atoms with Crippen molar-refractivity contribution in [3.63, 3.8) is 0 Å². The van der Waals surface area contributed by atoms with Crippen molar-refractivity contribution in [1.82, 2.24) is 10.2 Å². The molecule has 1 N–H and O–H groups in total. The number of para-hydroxylation sites is 1. The van der Waals surface area contributed by atoms with Crippen LogP contribution in [0.25, 0.3) is 0 Å². The summed E-state index contributed by atoms with van der Waals surface area (Å²) in [6.07, 6.45) is 0. The number of likely N-dealkylation sites (N-methyl/N-ethyl adjacent to an activating group) is 1. The molecular formula is C29H35N3O6S. The van der Waals surface area contributed by atoms with Crippen LogP contribution in [0.15, 0.2) is 83.8 Å². The number of nitrogens with one attached hydrogen (secondary N) is 1. The van der Waals surface area contributed by atoms with Crippen molar-refractivity contribution in [2.24, 2.45) is 0 Å². The molecule has 0 aliphatic carbocycles. The van der Waals surface area contributed by atoms with E-state index < -0.39 is 28.5 Å². The van der Waals surface area contributed by atoms with Gasteiger partial charge >= 0.3 is 0 Å². The van der Waals surface area contributed by atoms with Crippen molar-refractivity contribution in [3.05, 3.63) is 84.4 Å². The second kappa shape index (κ2) is 13.7. The van der Waals surface area contributed by atoms with Crippen molar-refractivity contribution in [1.29, 1.82) is 0 Å². The maximum absolute atomic E-state index is 13.8. The van der Waals surface area contributed by atoms with E-state index in [0.29, 0.717) is 30.3 Å². The lowest BCUT2D eigenvalue weighted by Gasteiger charge is -2.32. The molecule has 9 nitrogen and oxygen atoms in total. The van der Waals surface area contributed by atoms with Gasteiger partial charge in [0.25, 0.3) is 10.0 Å². The van der Waals surface area contributed by atoms with Crippen LogP contribution in [-0.4, -0.2) is 58.0 Å². The molecule has 3 aromatic carbocycles. The molecule has 208 valence electrons. The topological polar surface area (TPSA) is 105 Å². The summed E-state index contributed by atoms with van der Waals surface area (Å²) in [6, 6.07) is 20.8. The van der Waals surface area contributed by atoms with Gasteiger partial charge in [0.1, 0.15) is 24.1 Å². The van der Waals surface area contributed by atoms with Gasteiger partial charge in [0.2, 0.25) is 11.8 Å². The molecule has 10 heteroatoms. The van der Waals surface area contributed by atoms with Crippen molar-refractivity contribution in [2.45, 2.75) is 38.3 Å². The van der Waals surface area contributed by atoms with Crippen molar-refractivity contribution >= 4 is 27.5 Å². The number of carbonyl (C=O) groups excluding carboxylic acids is 2. The number of nitrogens with zero attached hydrogens (tertiary/aromatic N) is 2. The highest BCUT2D eigenvalue weighted by atomic mass is 32.2. The lowest BCUT2D eigenvalue weighted by Crippen LogP contribution is -2.51. The Morgan fingerprint density at radius 3 is 2.08 bits per heavy atom. The van der Waals surface area contributed by atoms with Gasteiger partial charge < -0.3 is 19.7 Å². The molecule has 0 saturated carbocycles. The van der Waals surface area contributed by atoms with Gasteiger partial charge in [0.15, 0.2) is 0 Å². The summed E-state index contributed by atoms with van der Waals surface area (Å²) in [5.41, 5.74) is 1.09. The molecule has 0 heterocycles. The number of benzene rings is 3. The first-order valence-electron chi connectivity index (χ1n) is 12.7. The minimum absolute atomic E-state index is 0.0149. The van der Waals surface area contributed by atoms with E-state index in [1.807, 2.05) is 6.92 Å². The lowest BCUT2D eigenvalue weighted by molar-refractivity contribution is -0.139. The highest BCUT2D eigenvalue weighted by Gasteiger charge is 2.32. The highest BCUT2D eigenvalue weighted by Crippen LogP contribution is 2.26. The molecule has 0 saturated heterocycles. The first-order chi connectivity index (χ1) is 18.7. The average molecular weight is 554 g/mol. The Balaban J connectivity index is 1.98. The number of hydrogen-bond acceptors (Lipinski definition) is 6. The number of anilines is 1. The summed E-state index contributed by atoms with van der Waals surface area (Å²) in [6.45, 7) is 5.71. The number of amides is 2. The van der Waals surface area contributed by atoms with Crippen LogP contribution in [0.4, 0.5) is 5.69 Å². The third-order valence-electron chi connectivity index (χ3n) is 6.08. The smallest absolute Gasteiger partial charge is 0.264 e. The Kier molecular flexibility index (Phi) is 10.3. The first kappa shape index (κ1) is 29.5. The van der Waals surface area contributed by atoms with E-state index in [0.717, 1.165) is 9.87 Å². The number of carbonyl (C=O) groups is 2. The van der Waals surface area contributed by atoms with Gasteiger partial charge in [-0.05, 0) is 74.9 Å². The summed E-state index contributed by atoms with van der Waals surface area (Å²) in [7, 11) is -2.58. The fourth-order valence-corrected chi connectivity index (χ4v) is 5.37. The molecule has 0 spiro atoms. The van der Waals surface area contributed by atoms with Crippen molar-refractivity contribution in [3.8, 4) is 11.5 Å². The van der Waals surface area contributed by atoms with Gasteiger partial charge in [-0.25, -0.2) is 8.42 Å². The van der Waals surface area contributed by atoms with Gasteiger partial charge in [0.05, 0.1) is 24.3 Å². The fourth-order valence-electron chi connectivity index (χ4n) is 3.96. The van der Waals surface area contributed by atoms with Crippen molar-refractivity contribution in [2.75, 3.05) is 31.1 Å². The third-order valence-corrected chi connectivity index (χ3v) is 7.86. The normalized spacial score (nSPS) is 11.8. The molecule has 0 radical (unpaired) electrons. The second-order valence-corrected chi connectivity index (χ2v) is 10.6. The monoisotopic (exact) mass is 553 g/mol. The number of hydrogen-bond donors (Lipinski definition) is 1. The predicted octanol–water partition coefficient (Wildman–Crippen LogP) is 3.84. The van der Waals surface area contributed by atoms with E-state index in [1.165, 1.54) is 17.0 Å². The summed E-state index contributed by atoms with van der Waals surface area (Å²) in [4.78, 5) is 28.0. The number of rotatable bonds is 13. The van der Waals surface area contributed by atoms with Crippen molar-refractivity contribution < 1.29 is 27.5 Å². The van der Waals surface area contributed by atoms with Crippen LogP contribution in [0.1, 0.15) is 26.3 Å². The number of methoxy groups -OCH3 is 1. The first-order valence-corrected chi connectivity index (χ1v) is 14.2. The minimum Gasteiger partial charge on any atom is -0.497 e. The minimum atomic E-state index is -4.14. The van der Waals surface area contributed by atoms with Crippen LogP contribution in [0.5, 0.6) is 11.5 Å². The summed E-state index contributed by atoms with van der Waals surface area (Å²) < 4.78 is 39.4. The van der Waals surface area contributed by atoms with Gasteiger partial charge in [-0.15, -0.1) is 0 Å². The van der Waals surface area contributed by atoms with E-state index >= 15 is 0 Å². The molecule has 0 fully saturated rings. The summed E-state index contributed by atoms with van der Waals surface area (Å²) >= 11 is 0. The van der Waals surface area contributed by atoms with Crippen LogP contribution in [0, 0.1) is 0 Å². The van der Waals surface area contributed by atoms with Crippen LogP contribution in [0.3, 0.4) is 0 Å². The zero-order valence-electron chi connectivity index (χ0n) is 22.7. The maximum atomic E-state index is 13.8. The average Bonchev–Trinajstić information content (AvgIpc) is 2.95. The molecule has 0 bridgehead atoms. The van der Waals surface area contributed by atoms with Gasteiger partial charge in [-0.3, -0.25) is 13.9 Å². The zero-order valence-corrected chi connectivity index (χ0v) is 23.5. The van der Waals surface area contributed by atoms with E-state index in [2.05, 4.69) is 5.32 Å². The Bertz CT molecular complexity index is 1330. The summed E-state index contributed by atoms with van der Waals surface area (Å²) in [5, 5.41) is 2.74. The Labute approximate surface area is 230 Å². The second-order valence-electron chi connectivity index (χ2n) is 8.69. The standard InChI is InChI=1S/C29H35N3O6S/c1-5-30-29(34)22(3)31(20-23-12-14-25(37-4)15-13-23)28(33)21-32(24-10-8-7-9-11-24)39(35,36)27-18-16-26(17-19-27)38-6-2/h7-19,22H,5-6,20-21H2,1-4H3,(H,30,34)/t22-/m1/s1. The van der Waals surface area contributed by atoms with Gasteiger partial charge in [0, 0.05) is 13.1 Å². The molecule has 1 atom stereocenters. The summed E-state index contributed by atoms with van der Waals surface area (Å²) in [5.74, 6) is 0.341. The van der Waals surface area contributed by atoms with Crippen LogP contribution >= 0.6 is 0 Å². The Morgan fingerprint density at radius 1 is 0.897 bits per heavy atom. The van der Waals surface area contributed by atoms with Gasteiger partial charge in [-0.1, -0.05) is 30.3 Å². The van der Waals surface area contributed by atoms with E-state index in [9.17, 15) is 18.0 Å². The predicted molar refractivity (Wildman–Crippen MR) is 150 cm³/mol. The molecular weight excluding hydrogens is 518 g/mol. The molecule has 3 rings (SSSR count). The van der Waals surface area contributed by atoms with Crippen LogP contribution < -0.4 is 19.1 Å². The van der Waals surface area contributed by atoms with E-state index in [-0.39, 0.29) is 17.3 Å². The Hall–Kier alpha value is -4.05. The molecule has 0 unspecified atom stereocenters. The SMILES string of the molecule is CCNC(=O)[C@@H](C)N(Cc1ccc(OC)cc1)C(=O)CN(c1ccccc1)S(=O)(=O)c1ccc(OCC)cc1. The Morgan fingerprint density at radius 2 is 1.51 bits per heavy atom. The van der Waals surface area contributed by atoms with E-state index in [1.54, 1.807) is 87.7 Å². The van der Waals surface area contributed by atoms with Crippen LogP contribution in [0.2, 0.25) is 0 Å². The third kappa shape index (κ3) is 7.51. The van der Waals surface area contributed by atoms with E-state index in [4.69, 9.17) is 9.47 Å². The lowest BCUT2D eigenvalue weighted by atomic mass is 10.1. The molecule has 0 aliphatic rings. The number of sulfonamides is 1. The highest BCUT2D eigenvalue weighted by molar-refractivity contribution is 7.92. The largest absolute Gasteiger partial charge is 0.497 e. The molecule has 3 aromatic rings. The fraction of sp³-hybridized carbons (Fsp3) is 0.310. The van der Waals surface area contributed by atoms with Gasteiger partial charge in [-0.2, -0.15) is 0 Å².